The fourth-order valence-electron chi connectivity index (χ4n) is 4.05. The maximum absolute atomic E-state index is 13.3. The van der Waals surface area contributed by atoms with Crippen LogP contribution < -0.4 is 5.32 Å². The van der Waals surface area contributed by atoms with Gasteiger partial charge in [-0.1, -0.05) is 52.3 Å². The molecule has 3 aromatic rings. The largest absolute Gasteiger partial charge is 0.339 e. The third-order valence-corrected chi connectivity index (χ3v) is 6.92. The average Bonchev–Trinajstić information content (AvgIpc) is 2.88. The molecular formula is C28H24Br2N2O3. The summed E-state index contributed by atoms with van der Waals surface area (Å²) in [5.41, 5.74) is 2.51. The molecule has 1 saturated heterocycles. The number of rotatable bonds is 6. The third-order valence-electron chi connectivity index (χ3n) is 5.83. The standard InChI is InChI=1S/C28H24Br2N2O3/c29-21-17-22(28(35)32-15-7-2-8-16-32)26(23(30)18-21)25(33)14-13-19-9-5-6-12-24(19)31-27(34)20-10-3-1-4-11-20/h1,3-6,9-14,17-18H,2,7-8,15-16H2,(H,31,34)/b14-13+. The Morgan fingerprint density at radius 3 is 2.29 bits per heavy atom. The Morgan fingerprint density at radius 1 is 0.857 bits per heavy atom. The molecule has 2 amide bonds. The van der Waals surface area contributed by atoms with Crippen molar-refractivity contribution in [1.82, 2.24) is 4.90 Å². The van der Waals surface area contributed by atoms with Gasteiger partial charge in [0.1, 0.15) is 0 Å². The maximum atomic E-state index is 13.3. The van der Waals surface area contributed by atoms with Crippen LogP contribution in [0.5, 0.6) is 0 Å². The highest BCUT2D eigenvalue weighted by atomic mass is 79.9. The second-order valence-corrected chi connectivity index (χ2v) is 10.0. The van der Waals surface area contributed by atoms with E-state index in [0.29, 0.717) is 45.5 Å². The van der Waals surface area contributed by atoms with Crippen molar-refractivity contribution in [3.05, 3.63) is 104 Å². The minimum absolute atomic E-state index is 0.140. The van der Waals surface area contributed by atoms with Crippen LogP contribution in [0.2, 0.25) is 0 Å². The Morgan fingerprint density at radius 2 is 1.54 bits per heavy atom. The summed E-state index contributed by atoms with van der Waals surface area (Å²) < 4.78 is 1.27. The molecule has 178 valence electrons. The lowest BCUT2D eigenvalue weighted by molar-refractivity contribution is 0.0720. The van der Waals surface area contributed by atoms with E-state index in [1.807, 2.05) is 29.2 Å². The van der Waals surface area contributed by atoms with Gasteiger partial charge in [0.2, 0.25) is 0 Å². The van der Waals surface area contributed by atoms with Gasteiger partial charge in [0.25, 0.3) is 11.8 Å². The van der Waals surface area contributed by atoms with Gasteiger partial charge in [-0.15, -0.1) is 0 Å². The molecule has 0 saturated carbocycles. The third kappa shape index (κ3) is 6.16. The first kappa shape index (κ1) is 25.1. The maximum Gasteiger partial charge on any atom is 0.255 e. The van der Waals surface area contributed by atoms with Gasteiger partial charge in [0, 0.05) is 38.8 Å². The van der Waals surface area contributed by atoms with Crippen molar-refractivity contribution < 1.29 is 14.4 Å². The number of carbonyl (C=O) groups excluding carboxylic acids is 3. The number of nitrogens with zero attached hydrogens (tertiary/aromatic N) is 1. The van der Waals surface area contributed by atoms with E-state index in [0.717, 1.165) is 23.7 Å². The summed E-state index contributed by atoms with van der Waals surface area (Å²) in [5.74, 6) is -0.671. The molecule has 0 aromatic heterocycles. The van der Waals surface area contributed by atoms with Crippen molar-refractivity contribution in [1.29, 1.82) is 0 Å². The Kier molecular flexibility index (Phi) is 8.31. The van der Waals surface area contributed by atoms with Gasteiger partial charge in [0.15, 0.2) is 5.78 Å². The van der Waals surface area contributed by atoms with E-state index in [1.165, 1.54) is 6.08 Å². The predicted molar refractivity (Wildman–Crippen MR) is 146 cm³/mol. The van der Waals surface area contributed by atoms with Gasteiger partial charge in [-0.25, -0.2) is 0 Å². The lowest BCUT2D eigenvalue weighted by atomic mass is 10.00. The van der Waals surface area contributed by atoms with Crippen LogP contribution in [-0.4, -0.2) is 35.6 Å². The molecule has 0 bridgehead atoms. The highest BCUT2D eigenvalue weighted by Crippen LogP contribution is 2.29. The fraction of sp³-hybridized carbons (Fsp3) is 0.179. The smallest absolute Gasteiger partial charge is 0.255 e. The molecule has 35 heavy (non-hydrogen) atoms. The van der Waals surface area contributed by atoms with Crippen LogP contribution in [0.15, 0.2) is 81.8 Å². The SMILES string of the molecule is O=C(Nc1ccccc1/C=C/C(=O)c1c(Br)cc(Br)cc1C(=O)N1CCCCC1)c1ccccc1. The summed E-state index contributed by atoms with van der Waals surface area (Å²) >= 11 is 6.92. The number of hydrogen-bond acceptors (Lipinski definition) is 3. The lowest BCUT2D eigenvalue weighted by Crippen LogP contribution is -2.36. The van der Waals surface area contributed by atoms with E-state index in [1.54, 1.807) is 48.5 Å². The number of para-hydroxylation sites is 1. The van der Waals surface area contributed by atoms with Gasteiger partial charge in [-0.2, -0.15) is 0 Å². The first-order chi connectivity index (χ1) is 16.9. The summed E-state index contributed by atoms with van der Waals surface area (Å²) in [6.07, 6.45) is 6.15. The van der Waals surface area contributed by atoms with Crippen molar-refractivity contribution in [3.8, 4) is 0 Å². The molecule has 3 aromatic carbocycles. The molecular weight excluding hydrogens is 572 g/mol. The van der Waals surface area contributed by atoms with Crippen LogP contribution in [-0.2, 0) is 0 Å². The number of likely N-dealkylation sites (tertiary alicyclic amines) is 1. The van der Waals surface area contributed by atoms with Gasteiger partial charge >= 0.3 is 0 Å². The first-order valence-electron chi connectivity index (χ1n) is 11.4. The van der Waals surface area contributed by atoms with E-state index in [9.17, 15) is 14.4 Å². The second-order valence-electron chi connectivity index (χ2n) is 8.27. The molecule has 5 nitrogen and oxygen atoms in total. The molecule has 1 aliphatic heterocycles. The second kappa shape index (κ2) is 11.6. The van der Waals surface area contributed by atoms with Gasteiger partial charge in [-0.05, 0) is 83.2 Å². The van der Waals surface area contributed by atoms with Gasteiger partial charge < -0.3 is 10.2 Å². The first-order valence-corrected chi connectivity index (χ1v) is 13.0. The summed E-state index contributed by atoms with van der Waals surface area (Å²) in [6, 6.07) is 19.7. The van der Waals surface area contributed by atoms with Crippen LogP contribution in [0.4, 0.5) is 5.69 Å². The molecule has 4 rings (SSSR count). The molecule has 1 N–H and O–H groups in total. The van der Waals surface area contributed by atoms with Crippen molar-refractivity contribution in [2.75, 3.05) is 18.4 Å². The molecule has 0 spiro atoms. The van der Waals surface area contributed by atoms with Crippen molar-refractivity contribution in [3.63, 3.8) is 0 Å². The van der Waals surface area contributed by atoms with E-state index in [2.05, 4.69) is 37.2 Å². The minimum Gasteiger partial charge on any atom is -0.339 e. The number of allylic oxidation sites excluding steroid dienone is 1. The number of halogens is 2. The molecule has 0 radical (unpaired) electrons. The highest BCUT2D eigenvalue weighted by Gasteiger charge is 2.25. The molecule has 1 heterocycles. The number of nitrogens with one attached hydrogen (secondary N) is 1. The number of benzene rings is 3. The van der Waals surface area contributed by atoms with Crippen LogP contribution >= 0.6 is 31.9 Å². The average molecular weight is 596 g/mol. The molecule has 7 heteroatoms. The molecule has 1 fully saturated rings. The Bertz CT molecular complexity index is 1280. The van der Waals surface area contributed by atoms with Crippen LogP contribution in [0.3, 0.4) is 0 Å². The quantitative estimate of drug-likeness (QED) is 0.247. The van der Waals surface area contributed by atoms with Crippen molar-refractivity contribution in [2.45, 2.75) is 19.3 Å². The van der Waals surface area contributed by atoms with Gasteiger partial charge in [-0.3, -0.25) is 14.4 Å². The fourth-order valence-corrected chi connectivity index (χ4v) is 5.47. The van der Waals surface area contributed by atoms with E-state index in [4.69, 9.17) is 0 Å². The van der Waals surface area contributed by atoms with Crippen molar-refractivity contribution in [2.24, 2.45) is 0 Å². The van der Waals surface area contributed by atoms with Crippen molar-refractivity contribution >= 4 is 61.2 Å². The molecule has 0 unspecified atom stereocenters. The van der Waals surface area contributed by atoms with Crippen LogP contribution in [0.1, 0.15) is 55.9 Å². The van der Waals surface area contributed by atoms with Crippen LogP contribution in [0.25, 0.3) is 6.08 Å². The van der Waals surface area contributed by atoms with E-state index < -0.39 is 0 Å². The number of carbonyl (C=O) groups is 3. The zero-order valence-electron chi connectivity index (χ0n) is 19.0. The van der Waals surface area contributed by atoms with Gasteiger partial charge in [0.05, 0.1) is 5.56 Å². The number of amides is 2. The normalized spacial score (nSPS) is 13.6. The molecule has 1 aliphatic rings. The number of anilines is 1. The Labute approximate surface area is 221 Å². The number of piperidine rings is 1. The van der Waals surface area contributed by atoms with E-state index in [-0.39, 0.29) is 17.6 Å². The Balaban J connectivity index is 1.60. The summed E-state index contributed by atoms with van der Waals surface area (Å²) in [6.45, 7) is 1.39. The zero-order valence-corrected chi connectivity index (χ0v) is 22.1. The Hall–Kier alpha value is -3.03. The summed E-state index contributed by atoms with van der Waals surface area (Å²) in [4.78, 5) is 41.0. The number of hydrogen-bond donors (Lipinski definition) is 1. The number of ketones is 1. The molecule has 0 aliphatic carbocycles. The van der Waals surface area contributed by atoms with E-state index >= 15 is 0 Å². The highest BCUT2D eigenvalue weighted by molar-refractivity contribution is 9.11. The predicted octanol–water partition coefficient (Wildman–Crippen LogP) is 6.99. The minimum atomic E-state index is -0.297. The topological polar surface area (TPSA) is 66.5 Å². The summed E-state index contributed by atoms with van der Waals surface area (Å²) in [5, 5.41) is 2.90. The zero-order chi connectivity index (χ0) is 24.8. The summed E-state index contributed by atoms with van der Waals surface area (Å²) in [7, 11) is 0. The monoisotopic (exact) mass is 594 g/mol. The lowest BCUT2D eigenvalue weighted by Gasteiger charge is -2.27. The van der Waals surface area contributed by atoms with Crippen LogP contribution in [0, 0.1) is 0 Å². The molecule has 0 atom stereocenters.